The second kappa shape index (κ2) is 7.69. The normalized spacial score (nSPS) is 17.3. The van der Waals surface area contributed by atoms with Gasteiger partial charge in [0.1, 0.15) is 5.76 Å². The van der Waals surface area contributed by atoms with E-state index >= 15 is 0 Å². The average molecular weight is 346 g/mol. The summed E-state index contributed by atoms with van der Waals surface area (Å²) < 4.78 is 5.18. The summed E-state index contributed by atoms with van der Waals surface area (Å²) in [6, 6.07) is 10.9. The molecule has 1 aromatic heterocycles. The second-order valence-corrected chi connectivity index (χ2v) is 6.44. The Hall–Kier alpha value is -2.04. The number of furan rings is 1. The molecule has 0 bridgehead atoms. The maximum atomic E-state index is 12.2. The summed E-state index contributed by atoms with van der Waals surface area (Å²) in [6.45, 7) is 1.30. The molecule has 0 aliphatic carbocycles. The predicted octanol–water partition coefficient (Wildman–Crippen LogP) is 3.92. The monoisotopic (exact) mass is 345 g/mol. The topological polar surface area (TPSA) is 53.7 Å². The Morgan fingerprint density at radius 2 is 1.96 bits per heavy atom. The number of aliphatic hydroxyl groups is 1. The number of hydrogen-bond donors (Lipinski definition) is 1. The van der Waals surface area contributed by atoms with Gasteiger partial charge in [-0.25, -0.2) is 0 Å². The standard InChI is InChI=1S/C19H20ClNO3/c20-16-5-3-14(4-6-16)19(23)15-9-11-21(12-10-15)18(22)8-7-17-2-1-13-24-17/h1-8,13,15,19,23H,9-12H2/b8-7+/t19-/m0/s1. The summed E-state index contributed by atoms with van der Waals surface area (Å²) in [7, 11) is 0. The Labute approximate surface area is 146 Å². The average Bonchev–Trinajstić information content (AvgIpc) is 3.13. The molecule has 1 fully saturated rings. The van der Waals surface area contributed by atoms with Crippen molar-refractivity contribution in [2.24, 2.45) is 5.92 Å². The van der Waals surface area contributed by atoms with Crippen LogP contribution in [0.4, 0.5) is 0 Å². The van der Waals surface area contributed by atoms with Crippen LogP contribution in [0.1, 0.15) is 30.3 Å². The summed E-state index contributed by atoms with van der Waals surface area (Å²) in [5.74, 6) is 0.798. The maximum Gasteiger partial charge on any atom is 0.246 e. The molecule has 0 radical (unpaired) electrons. The minimum absolute atomic E-state index is 0.0224. The molecule has 1 atom stereocenters. The molecule has 3 rings (SSSR count). The van der Waals surface area contributed by atoms with E-state index in [1.807, 2.05) is 17.0 Å². The number of piperidine rings is 1. The predicted molar refractivity (Wildman–Crippen MR) is 93.5 cm³/mol. The van der Waals surface area contributed by atoms with E-state index in [2.05, 4.69) is 0 Å². The third kappa shape index (κ3) is 4.08. The van der Waals surface area contributed by atoms with Gasteiger partial charge in [0.25, 0.3) is 0 Å². The van der Waals surface area contributed by atoms with Gasteiger partial charge in [-0.1, -0.05) is 23.7 Å². The van der Waals surface area contributed by atoms with E-state index in [1.54, 1.807) is 36.6 Å². The number of aliphatic hydroxyl groups excluding tert-OH is 1. The van der Waals surface area contributed by atoms with Gasteiger partial charge in [-0.2, -0.15) is 0 Å². The van der Waals surface area contributed by atoms with E-state index in [0.29, 0.717) is 23.9 Å². The van der Waals surface area contributed by atoms with Gasteiger partial charge in [0.2, 0.25) is 5.91 Å². The lowest BCUT2D eigenvalue weighted by atomic mass is 9.87. The highest BCUT2D eigenvalue weighted by molar-refractivity contribution is 6.30. The number of benzene rings is 1. The molecule has 1 amide bonds. The van der Waals surface area contributed by atoms with E-state index < -0.39 is 6.10 Å². The van der Waals surface area contributed by atoms with Crippen molar-refractivity contribution < 1.29 is 14.3 Å². The van der Waals surface area contributed by atoms with Crippen molar-refractivity contribution in [3.8, 4) is 0 Å². The Morgan fingerprint density at radius 3 is 2.58 bits per heavy atom. The second-order valence-electron chi connectivity index (χ2n) is 6.01. The number of halogens is 1. The molecule has 126 valence electrons. The van der Waals surface area contributed by atoms with Crippen molar-refractivity contribution in [3.63, 3.8) is 0 Å². The largest absolute Gasteiger partial charge is 0.465 e. The number of nitrogens with zero attached hydrogens (tertiary/aromatic N) is 1. The Kier molecular flexibility index (Phi) is 5.38. The van der Waals surface area contributed by atoms with Gasteiger partial charge >= 0.3 is 0 Å². The molecular formula is C19H20ClNO3. The SMILES string of the molecule is O=C(/C=C/c1ccco1)N1CCC([C@@H](O)c2ccc(Cl)cc2)CC1. The zero-order valence-electron chi connectivity index (χ0n) is 13.3. The lowest BCUT2D eigenvalue weighted by Crippen LogP contribution is -2.38. The zero-order chi connectivity index (χ0) is 16.9. The first-order valence-corrected chi connectivity index (χ1v) is 8.45. The molecule has 2 aromatic rings. The van der Waals surface area contributed by atoms with E-state index in [-0.39, 0.29) is 11.8 Å². The smallest absolute Gasteiger partial charge is 0.246 e. The summed E-state index contributed by atoms with van der Waals surface area (Å²) in [5, 5.41) is 11.2. The number of carbonyl (C=O) groups excluding carboxylic acids is 1. The van der Waals surface area contributed by atoms with Crippen LogP contribution in [0.25, 0.3) is 6.08 Å². The van der Waals surface area contributed by atoms with Gasteiger partial charge in [0.15, 0.2) is 0 Å². The minimum Gasteiger partial charge on any atom is -0.465 e. The molecule has 5 heteroatoms. The van der Waals surface area contributed by atoms with Crippen LogP contribution in [-0.2, 0) is 4.79 Å². The van der Waals surface area contributed by atoms with Crippen LogP contribution in [0, 0.1) is 5.92 Å². The van der Waals surface area contributed by atoms with Crippen LogP contribution >= 0.6 is 11.6 Å². The van der Waals surface area contributed by atoms with Gasteiger partial charge in [-0.05, 0) is 54.7 Å². The van der Waals surface area contributed by atoms with Gasteiger partial charge in [0, 0.05) is 24.2 Å². The van der Waals surface area contributed by atoms with Gasteiger partial charge < -0.3 is 14.4 Å². The van der Waals surface area contributed by atoms with Gasteiger partial charge in [-0.3, -0.25) is 4.79 Å². The van der Waals surface area contributed by atoms with Crippen molar-refractivity contribution in [3.05, 3.63) is 65.1 Å². The lowest BCUT2D eigenvalue weighted by molar-refractivity contribution is -0.127. The van der Waals surface area contributed by atoms with Gasteiger partial charge in [-0.15, -0.1) is 0 Å². The summed E-state index contributed by atoms with van der Waals surface area (Å²) in [5.41, 5.74) is 0.877. The first kappa shape index (κ1) is 16.8. The fraction of sp³-hybridized carbons (Fsp3) is 0.316. The van der Waals surface area contributed by atoms with Crippen molar-refractivity contribution >= 4 is 23.6 Å². The van der Waals surface area contributed by atoms with Crippen LogP contribution in [0.3, 0.4) is 0 Å². The molecule has 1 aliphatic heterocycles. The zero-order valence-corrected chi connectivity index (χ0v) is 14.0. The molecule has 1 N–H and O–H groups in total. The van der Waals surface area contributed by atoms with E-state index in [0.717, 1.165) is 18.4 Å². The van der Waals surface area contributed by atoms with E-state index in [9.17, 15) is 9.90 Å². The molecule has 1 saturated heterocycles. The van der Waals surface area contributed by atoms with E-state index in [1.165, 1.54) is 6.08 Å². The number of rotatable bonds is 4. The van der Waals surface area contributed by atoms with E-state index in [4.69, 9.17) is 16.0 Å². The summed E-state index contributed by atoms with van der Waals surface area (Å²) in [4.78, 5) is 14.0. The van der Waals surface area contributed by atoms with Crippen molar-refractivity contribution in [2.45, 2.75) is 18.9 Å². The molecule has 2 heterocycles. The third-order valence-corrected chi connectivity index (χ3v) is 4.69. The van der Waals surface area contributed by atoms with Gasteiger partial charge in [0.05, 0.1) is 12.4 Å². The lowest BCUT2D eigenvalue weighted by Gasteiger charge is -2.34. The van der Waals surface area contributed by atoms with Crippen molar-refractivity contribution in [1.82, 2.24) is 4.90 Å². The van der Waals surface area contributed by atoms with Crippen LogP contribution in [0.15, 0.2) is 53.2 Å². The quantitative estimate of drug-likeness (QED) is 0.854. The molecule has 0 spiro atoms. The molecule has 24 heavy (non-hydrogen) atoms. The molecule has 0 unspecified atom stereocenters. The number of amides is 1. The number of carbonyl (C=O) groups is 1. The Balaban J connectivity index is 1.53. The summed E-state index contributed by atoms with van der Waals surface area (Å²) in [6.07, 6.45) is 5.84. The van der Waals surface area contributed by atoms with Crippen LogP contribution in [0.2, 0.25) is 5.02 Å². The van der Waals surface area contributed by atoms with Crippen LogP contribution < -0.4 is 0 Å². The van der Waals surface area contributed by atoms with Crippen LogP contribution in [-0.4, -0.2) is 29.0 Å². The number of hydrogen-bond acceptors (Lipinski definition) is 3. The minimum atomic E-state index is -0.516. The van der Waals surface area contributed by atoms with Crippen molar-refractivity contribution in [1.29, 1.82) is 0 Å². The molecule has 1 aliphatic rings. The summed E-state index contributed by atoms with van der Waals surface area (Å²) >= 11 is 5.88. The first-order valence-electron chi connectivity index (χ1n) is 8.07. The number of likely N-dealkylation sites (tertiary alicyclic amines) is 1. The third-order valence-electron chi connectivity index (χ3n) is 4.44. The molecule has 1 aromatic carbocycles. The Bertz CT molecular complexity index is 686. The highest BCUT2D eigenvalue weighted by Crippen LogP contribution is 2.31. The fourth-order valence-corrected chi connectivity index (χ4v) is 3.14. The Morgan fingerprint density at radius 1 is 1.25 bits per heavy atom. The highest BCUT2D eigenvalue weighted by atomic mass is 35.5. The van der Waals surface area contributed by atoms with Crippen LogP contribution in [0.5, 0.6) is 0 Å². The van der Waals surface area contributed by atoms with Crippen molar-refractivity contribution in [2.75, 3.05) is 13.1 Å². The molecular weight excluding hydrogens is 326 g/mol. The molecule has 4 nitrogen and oxygen atoms in total. The highest BCUT2D eigenvalue weighted by Gasteiger charge is 2.27. The maximum absolute atomic E-state index is 12.2. The fourth-order valence-electron chi connectivity index (χ4n) is 3.01. The first-order chi connectivity index (χ1) is 11.6. The molecule has 0 saturated carbocycles.